The number of hydrogen-bond acceptors (Lipinski definition) is 2. The third-order valence-electron chi connectivity index (χ3n) is 3.15. The molecule has 3 heteroatoms. The van der Waals surface area contributed by atoms with Crippen LogP contribution in [0.5, 0.6) is 0 Å². The lowest BCUT2D eigenvalue weighted by Crippen LogP contribution is -2.04. The van der Waals surface area contributed by atoms with E-state index in [0.29, 0.717) is 5.15 Å². The molecular weight excluding hydrogens is 256 g/mol. The van der Waals surface area contributed by atoms with E-state index in [4.69, 9.17) is 11.6 Å². The van der Waals surface area contributed by atoms with E-state index in [0.717, 1.165) is 36.3 Å². The van der Waals surface area contributed by atoms with Gasteiger partial charge in [0.05, 0.1) is 0 Å². The Bertz CT molecular complexity index is 556. The number of aromatic nitrogens is 2. The zero-order chi connectivity index (χ0) is 13.8. The molecule has 0 radical (unpaired) electrons. The minimum atomic E-state index is 0.595. The fourth-order valence-electron chi connectivity index (χ4n) is 2.18. The number of hydrogen-bond donors (Lipinski definition) is 0. The molecule has 0 aliphatic heterocycles. The average molecular weight is 275 g/mol. The Labute approximate surface area is 119 Å². The molecule has 0 saturated carbocycles. The summed E-state index contributed by atoms with van der Waals surface area (Å²) in [6, 6.07) is 8.46. The first-order valence-corrected chi connectivity index (χ1v) is 7.05. The van der Waals surface area contributed by atoms with Crippen LogP contribution in [0.3, 0.4) is 0 Å². The number of nitrogens with zero attached hydrogens (tertiary/aromatic N) is 2. The molecule has 19 heavy (non-hydrogen) atoms. The van der Waals surface area contributed by atoms with Gasteiger partial charge in [-0.2, -0.15) is 0 Å². The maximum absolute atomic E-state index is 6.31. The van der Waals surface area contributed by atoms with Crippen molar-refractivity contribution in [2.45, 2.75) is 40.0 Å². The van der Waals surface area contributed by atoms with Crippen molar-refractivity contribution in [2.24, 2.45) is 0 Å². The minimum Gasteiger partial charge on any atom is -0.238 e. The number of halogens is 1. The lowest BCUT2D eigenvalue weighted by molar-refractivity contribution is 0.815. The van der Waals surface area contributed by atoms with E-state index in [2.05, 4.69) is 48.1 Å². The lowest BCUT2D eigenvalue weighted by Gasteiger charge is -2.10. The first-order valence-electron chi connectivity index (χ1n) is 6.67. The SMILES string of the molecule is CCCc1nc(C)c(Cc2cccc(C)c2)c(Cl)n1. The van der Waals surface area contributed by atoms with Crippen molar-refractivity contribution >= 4 is 11.6 Å². The molecule has 0 N–H and O–H groups in total. The van der Waals surface area contributed by atoms with Crippen molar-refractivity contribution in [1.29, 1.82) is 0 Å². The van der Waals surface area contributed by atoms with E-state index in [1.807, 2.05) is 6.92 Å². The molecule has 2 rings (SSSR count). The molecule has 0 aliphatic carbocycles. The summed E-state index contributed by atoms with van der Waals surface area (Å²) in [6.07, 6.45) is 2.71. The zero-order valence-corrected chi connectivity index (χ0v) is 12.5. The normalized spacial score (nSPS) is 10.7. The zero-order valence-electron chi connectivity index (χ0n) is 11.7. The largest absolute Gasteiger partial charge is 0.238 e. The molecule has 0 fully saturated rings. The molecule has 0 atom stereocenters. The fourth-order valence-corrected chi connectivity index (χ4v) is 2.48. The second-order valence-electron chi connectivity index (χ2n) is 4.91. The van der Waals surface area contributed by atoms with E-state index in [-0.39, 0.29) is 0 Å². The van der Waals surface area contributed by atoms with Gasteiger partial charge >= 0.3 is 0 Å². The standard InChI is InChI=1S/C16H19ClN2/c1-4-6-15-18-12(3)14(16(17)19-15)10-13-8-5-7-11(2)9-13/h5,7-9H,4,6,10H2,1-3H3. The quantitative estimate of drug-likeness (QED) is 0.777. The third kappa shape index (κ3) is 3.54. The van der Waals surface area contributed by atoms with E-state index >= 15 is 0 Å². The highest BCUT2D eigenvalue weighted by molar-refractivity contribution is 6.30. The van der Waals surface area contributed by atoms with Gasteiger partial charge in [0.25, 0.3) is 0 Å². The average Bonchev–Trinajstić information content (AvgIpc) is 2.34. The number of aryl methyl sites for hydroxylation is 3. The topological polar surface area (TPSA) is 25.8 Å². The van der Waals surface area contributed by atoms with Crippen LogP contribution in [0, 0.1) is 13.8 Å². The van der Waals surface area contributed by atoms with E-state index in [9.17, 15) is 0 Å². The molecule has 0 saturated heterocycles. The molecule has 0 amide bonds. The minimum absolute atomic E-state index is 0.595. The van der Waals surface area contributed by atoms with Crippen LogP contribution < -0.4 is 0 Å². The van der Waals surface area contributed by atoms with Crippen LogP contribution in [0.15, 0.2) is 24.3 Å². The van der Waals surface area contributed by atoms with Crippen LogP contribution in [0.1, 0.15) is 41.6 Å². The summed E-state index contributed by atoms with van der Waals surface area (Å²) in [6.45, 7) is 6.23. The summed E-state index contributed by atoms with van der Waals surface area (Å²) in [5.74, 6) is 0.845. The van der Waals surface area contributed by atoms with Gasteiger partial charge in [0.1, 0.15) is 11.0 Å². The van der Waals surface area contributed by atoms with Gasteiger partial charge in [-0.05, 0) is 25.8 Å². The van der Waals surface area contributed by atoms with Crippen molar-refractivity contribution in [3.63, 3.8) is 0 Å². The van der Waals surface area contributed by atoms with Crippen LogP contribution in [0.4, 0.5) is 0 Å². The van der Waals surface area contributed by atoms with Gasteiger partial charge in [0.15, 0.2) is 0 Å². The predicted octanol–water partition coefficient (Wildman–Crippen LogP) is 4.29. The van der Waals surface area contributed by atoms with Crippen molar-refractivity contribution in [3.8, 4) is 0 Å². The van der Waals surface area contributed by atoms with Gasteiger partial charge in [-0.3, -0.25) is 0 Å². The highest BCUT2D eigenvalue weighted by Crippen LogP contribution is 2.21. The number of benzene rings is 1. The van der Waals surface area contributed by atoms with Gasteiger partial charge in [-0.1, -0.05) is 48.4 Å². The fraction of sp³-hybridized carbons (Fsp3) is 0.375. The van der Waals surface area contributed by atoms with Crippen LogP contribution >= 0.6 is 11.6 Å². The predicted molar refractivity (Wildman–Crippen MR) is 79.8 cm³/mol. The molecule has 2 aromatic rings. The molecule has 0 unspecified atom stereocenters. The molecule has 0 aliphatic rings. The summed E-state index contributed by atoms with van der Waals surface area (Å²) >= 11 is 6.31. The van der Waals surface area contributed by atoms with Gasteiger partial charge in [0, 0.05) is 24.1 Å². The Morgan fingerprint density at radius 3 is 2.58 bits per heavy atom. The lowest BCUT2D eigenvalue weighted by atomic mass is 10.0. The Kier molecular flexibility index (Phi) is 4.54. The highest BCUT2D eigenvalue weighted by Gasteiger charge is 2.10. The molecule has 1 aromatic carbocycles. The molecule has 1 aromatic heterocycles. The Balaban J connectivity index is 2.30. The van der Waals surface area contributed by atoms with Crippen LogP contribution in [-0.2, 0) is 12.8 Å². The Morgan fingerprint density at radius 2 is 1.95 bits per heavy atom. The van der Waals surface area contributed by atoms with Crippen LogP contribution in [0.2, 0.25) is 5.15 Å². The first kappa shape index (κ1) is 14.0. The maximum atomic E-state index is 6.31. The summed E-state index contributed by atoms with van der Waals surface area (Å²) < 4.78 is 0. The van der Waals surface area contributed by atoms with Crippen LogP contribution in [0.25, 0.3) is 0 Å². The van der Waals surface area contributed by atoms with E-state index in [1.165, 1.54) is 11.1 Å². The Hall–Kier alpha value is -1.41. The number of rotatable bonds is 4. The second kappa shape index (κ2) is 6.16. The third-order valence-corrected chi connectivity index (χ3v) is 3.46. The molecule has 0 bridgehead atoms. The molecule has 1 heterocycles. The van der Waals surface area contributed by atoms with Crippen molar-refractivity contribution in [2.75, 3.05) is 0 Å². The van der Waals surface area contributed by atoms with Gasteiger partial charge in [-0.25, -0.2) is 9.97 Å². The maximum Gasteiger partial charge on any atom is 0.136 e. The molecule has 100 valence electrons. The van der Waals surface area contributed by atoms with Crippen molar-refractivity contribution < 1.29 is 0 Å². The van der Waals surface area contributed by atoms with Crippen molar-refractivity contribution in [1.82, 2.24) is 9.97 Å². The molecular formula is C16H19ClN2. The summed E-state index contributed by atoms with van der Waals surface area (Å²) in [7, 11) is 0. The van der Waals surface area contributed by atoms with Crippen molar-refractivity contribution in [3.05, 3.63) is 57.6 Å². The molecule has 0 spiro atoms. The smallest absolute Gasteiger partial charge is 0.136 e. The van der Waals surface area contributed by atoms with Gasteiger partial charge in [0.2, 0.25) is 0 Å². The summed E-state index contributed by atoms with van der Waals surface area (Å²) in [5, 5.41) is 0.595. The Morgan fingerprint density at radius 1 is 1.16 bits per heavy atom. The second-order valence-corrected chi connectivity index (χ2v) is 5.27. The highest BCUT2D eigenvalue weighted by atomic mass is 35.5. The molecule has 2 nitrogen and oxygen atoms in total. The van der Waals surface area contributed by atoms with E-state index < -0.39 is 0 Å². The summed E-state index contributed by atoms with van der Waals surface area (Å²) in [4.78, 5) is 8.94. The van der Waals surface area contributed by atoms with Gasteiger partial charge < -0.3 is 0 Å². The first-order chi connectivity index (χ1) is 9.10. The summed E-state index contributed by atoms with van der Waals surface area (Å²) in [5.41, 5.74) is 4.53. The monoisotopic (exact) mass is 274 g/mol. The van der Waals surface area contributed by atoms with Crippen LogP contribution in [-0.4, -0.2) is 9.97 Å². The van der Waals surface area contributed by atoms with E-state index in [1.54, 1.807) is 0 Å². The van der Waals surface area contributed by atoms with Gasteiger partial charge in [-0.15, -0.1) is 0 Å².